The van der Waals surface area contributed by atoms with E-state index in [9.17, 15) is 14.7 Å². The number of ether oxygens (including phenoxy) is 1. The van der Waals surface area contributed by atoms with Crippen molar-refractivity contribution in [1.29, 1.82) is 0 Å². The molecule has 1 amide bonds. The first kappa shape index (κ1) is 22.6. The highest BCUT2D eigenvalue weighted by molar-refractivity contribution is 5.96. The second-order valence-electron chi connectivity index (χ2n) is 8.92. The van der Waals surface area contributed by atoms with E-state index in [4.69, 9.17) is 4.74 Å². The third-order valence-corrected chi connectivity index (χ3v) is 6.00. The molecule has 0 saturated carbocycles. The quantitative estimate of drug-likeness (QED) is 0.517. The first-order chi connectivity index (χ1) is 15.9. The van der Waals surface area contributed by atoms with Gasteiger partial charge in [-0.25, -0.2) is 0 Å². The Bertz CT molecular complexity index is 1110. The Morgan fingerprint density at radius 2 is 1.64 bits per heavy atom. The van der Waals surface area contributed by atoms with E-state index in [-0.39, 0.29) is 18.1 Å². The number of nitrogens with zero attached hydrogens (tertiary/aromatic N) is 1. The molecular formula is C28H29NO4. The Hall–Kier alpha value is -3.60. The summed E-state index contributed by atoms with van der Waals surface area (Å²) in [6, 6.07) is 25.6. The third-order valence-electron chi connectivity index (χ3n) is 6.00. The lowest BCUT2D eigenvalue weighted by Gasteiger charge is -2.24. The van der Waals surface area contributed by atoms with E-state index >= 15 is 0 Å². The monoisotopic (exact) mass is 443 g/mol. The average Bonchev–Trinajstić information content (AvgIpc) is 3.13. The lowest BCUT2D eigenvalue weighted by molar-refractivity contribution is -0.137. The predicted octanol–water partition coefficient (Wildman–Crippen LogP) is 4.78. The van der Waals surface area contributed by atoms with Crippen LogP contribution in [0, 0.1) is 0 Å². The van der Waals surface area contributed by atoms with E-state index in [0.29, 0.717) is 24.9 Å². The van der Waals surface area contributed by atoms with Crippen molar-refractivity contribution in [2.75, 3.05) is 13.1 Å². The molecule has 0 bridgehead atoms. The second-order valence-corrected chi connectivity index (χ2v) is 8.92. The molecule has 1 heterocycles. The fraction of sp³-hybridized carbons (Fsp3) is 0.286. The highest BCUT2D eigenvalue weighted by Crippen LogP contribution is 2.37. The third kappa shape index (κ3) is 5.80. The first-order valence-corrected chi connectivity index (χ1v) is 11.3. The molecule has 1 N–H and O–H groups in total. The van der Waals surface area contributed by atoms with E-state index in [1.54, 1.807) is 6.07 Å². The van der Waals surface area contributed by atoms with Gasteiger partial charge < -0.3 is 14.7 Å². The van der Waals surface area contributed by atoms with Crippen molar-refractivity contribution < 1.29 is 19.4 Å². The summed E-state index contributed by atoms with van der Waals surface area (Å²) in [5.74, 6) is -0.480. The minimum absolute atomic E-state index is 0.259. The molecule has 170 valence electrons. The van der Waals surface area contributed by atoms with Gasteiger partial charge in [0.1, 0.15) is 17.9 Å². The Morgan fingerprint density at radius 1 is 0.970 bits per heavy atom. The van der Waals surface area contributed by atoms with Crippen LogP contribution in [0.1, 0.15) is 40.4 Å². The Balaban J connectivity index is 1.44. The molecule has 4 rings (SSSR count). The number of carboxylic acid groups (broad SMARTS) is 1. The van der Waals surface area contributed by atoms with Crippen molar-refractivity contribution in [1.82, 2.24) is 4.90 Å². The normalized spacial score (nSPS) is 16.6. The van der Waals surface area contributed by atoms with Gasteiger partial charge in [-0.1, -0.05) is 60.7 Å². The molecule has 5 heteroatoms. The minimum Gasteiger partial charge on any atom is -0.487 e. The standard InChI is InChI=1S/C28H29NO4/c1-28(18-22-11-6-3-7-12-22)19-24-17-23(14-15-25(24)33-28)27(32)29(20-26(30)31)16-8-13-21-9-4-2-5-10-21/h2-7,9-12,14-15,17H,8,13,16,18-20H2,1H3,(H,30,31)/t28-/m0/s1. The molecule has 0 aromatic heterocycles. The molecule has 0 spiro atoms. The van der Waals surface area contributed by atoms with Gasteiger partial charge in [-0.3, -0.25) is 9.59 Å². The molecule has 1 aliphatic rings. The maximum absolute atomic E-state index is 13.2. The zero-order valence-corrected chi connectivity index (χ0v) is 18.9. The van der Waals surface area contributed by atoms with Gasteiger partial charge in [-0.2, -0.15) is 0 Å². The number of hydrogen-bond acceptors (Lipinski definition) is 3. The van der Waals surface area contributed by atoms with Crippen LogP contribution in [0.15, 0.2) is 78.9 Å². The SMILES string of the molecule is C[C@]1(Cc2ccccc2)Cc2cc(C(=O)N(CCCc3ccccc3)CC(=O)O)ccc2O1. The molecule has 0 saturated heterocycles. The van der Waals surface area contributed by atoms with Crippen LogP contribution in [0.2, 0.25) is 0 Å². The molecule has 3 aromatic carbocycles. The summed E-state index contributed by atoms with van der Waals surface area (Å²) in [4.78, 5) is 26.0. The summed E-state index contributed by atoms with van der Waals surface area (Å²) >= 11 is 0. The Kier molecular flexibility index (Phi) is 6.78. The van der Waals surface area contributed by atoms with Crippen molar-refractivity contribution in [2.45, 2.75) is 38.2 Å². The largest absolute Gasteiger partial charge is 0.487 e. The van der Waals surface area contributed by atoms with Crippen molar-refractivity contribution in [2.24, 2.45) is 0 Å². The summed E-state index contributed by atoms with van der Waals surface area (Å²) in [5.41, 5.74) is 3.49. The van der Waals surface area contributed by atoms with Crippen LogP contribution >= 0.6 is 0 Å². The molecule has 0 fully saturated rings. The number of benzene rings is 3. The Labute approximate surface area is 194 Å². The lowest BCUT2D eigenvalue weighted by Crippen LogP contribution is -2.36. The smallest absolute Gasteiger partial charge is 0.323 e. The summed E-state index contributed by atoms with van der Waals surface area (Å²) < 4.78 is 6.25. The van der Waals surface area contributed by atoms with Gasteiger partial charge in [0, 0.05) is 24.9 Å². The van der Waals surface area contributed by atoms with E-state index in [1.807, 2.05) is 60.7 Å². The van der Waals surface area contributed by atoms with Gasteiger partial charge >= 0.3 is 5.97 Å². The van der Waals surface area contributed by atoms with Gasteiger partial charge in [0.05, 0.1) is 0 Å². The summed E-state index contributed by atoms with van der Waals surface area (Å²) in [5, 5.41) is 9.35. The van der Waals surface area contributed by atoms with Crippen molar-refractivity contribution in [3.8, 4) is 5.75 Å². The number of carboxylic acids is 1. The number of rotatable bonds is 9. The van der Waals surface area contributed by atoms with Crippen molar-refractivity contribution in [3.05, 3.63) is 101 Å². The molecule has 5 nitrogen and oxygen atoms in total. The second kappa shape index (κ2) is 9.90. The number of carbonyl (C=O) groups is 2. The van der Waals surface area contributed by atoms with Crippen LogP contribution in [-0.2, 0) is 24.1 Å². The molecule has 1 aliphatic heterocycles. The van der Waals surface area contributed by atoms with E-state index in [0.717, 1.165) is 24.2 Å². The number of hydrogen-bond donors (Lipinski definition) is 1. The zero-order valence-electron chi connectivity index (χ0n) is 18.9. The highest BCUT2D eigenvalue weighted by atomic mass is 16.5. The van der Waals surface area contributed by atoms with Crippen molar-refractivity contribution in [3.63, 3.8) is 0 Å². The van der Waals surface area contributed by atoms with Gasteiger partial charge in [-0.15, -0.1) is 0 Å². The van der Waals surface area contributed by atoms with E-state index in [2.05, 4.69) is 19.1 Å². The van der Waals surface area contributed by atoms with Crippen LogP contribution in [0.25, 0.3) is 0 Å². The molecule has 0 unspecified atom stereocenters. The van der Waals surface area contributed by atoms with Crippen LogP contribution in [0.3, 0.4) is 0 Å². The van der Waals surface area contributed by atoms with Gasteiger partial charge in [-0.05, 0) is 54.7 Å². The molecular weight excluding hydrogens is 414 g/mol. The minimum atomic E-state index is -1.01. The molecule has 3 aromatic rings. The Morgan fingerprint density at radius 3 is 2.30 bits per heavy atom. The number of fused-ring (bicyclic) bond motifs is 1. The molecule has 0 radical (unpaired) electrons. The van der Waals surface area contributed by atoms with Gasteiger partial charge in [0.25, 0.3) is 5.91 Å². The van der Waals surface area contributed by atoms with Crippen LogP contribution < -0.4 is 4.74 Å². The van der Waals surface area contributed by atoms with Crippen LogP contribution in [-0.4, -0.2) is 40.6 Å². The maximum Gasteiger partial charge on any atom is 0.323 e. The summed E-state index contributed by atoms with van der Waals surface area (Å²) in [6.07, 6.45) is 2.97. The predicted molar refractivity (Wildman–Crippen MR) is 128 cm³/mol. The number of carbonyl (C=O) groups excluding carboxylic acids is 1. The maximum atomic E-state index is 13.2. The van der Waals surface area contributed by atoms with E-state index in [1.165, 1.54) is 16.0 Å². The number of aryl methyl sites for hydroxylation is 1. The first-order valence-electron chi connectivity index (χ1n) is 11.3. The topological polar surface area (TPSA) is 66.8 Å². The zero-order chi connectivity index (χ0) is 23.3. The molecule has 0 aliphatic carbocycles. The van der Waals surface area contributed by atoms with E-state index < -0.39 is 5.97 Å². The van der Waals surface area contributed by atoms with Crippen LogP contribution in [0.5, 0.6) is 5.75 Å². The fourth-order valence-corrected chi connectivity index (χ4v) is 4.50. The highest BCUT2D eigenvalue weighted by Gasteiger charge is 2.35. The molecule has 1 atom stereocenters. The van der Waals surface area contributed by atoms with Gasteiger partial charge in [0.15, 0.2) is 0 Å². The average molecular weight is 444 g/mol. The fourth-order valence-electron chi connectivity index (χ4n) is 4.50. The molecule has 33 heavy (non-hydrogen) atoms. The number of aliphatic carboxylic acids is 1. The summed E-state index contributed by atoms with van der Waals surface area (Å²) in [7, 11) is 0. The lowest BCUT2D eigenvalue weighted by atomic mass is 9.91. The van der Waals surface area contributed by atoms with Gasteiger partial charge in [0.2, 0.25) is 0 Å². The summed E-state index contributed by atoms with van der Waals surface area (Å²) in [6.45, 7) is 2.16. The van der Waals surface area contributed by atoms with Crippen LogP contribution in [0.4, 0.5) is 0 Å². The number of amides is 1. The van der Waals surface area contributed by atoms with Crippen molar-refractivity contribution >= 4 is 11.9 Å².